The number of aromatic nitrogens is 2. The zero-order chi connectivity index (χ0) is 14.2. The van der Waals surface area contributed by atoms with Crippen LogP contribution in [0.4, 0.5) is 0 Å². The predicted molar refractivity (Wildman–Crippen MR) is 67.1 cm³/mol. The minimum absolute atomic E-state index is 0.0330. The third-order valence-electron chi connectivity index (χ3n) is 3.08. The van der Waals surface area contributed by atoms with Crippen molar-refractivity contribution >= 4 is 23.4 Å². The average molecular weight is 285 g/mol. The summed E-state index contributed by atoms with van der Waals surface area (Å²) in [4.78, 5) is 25.0. The standard InChI is InChI=1S/C11H15N3O4S/c1-5(2)8-9(19-13-12-8)10(16)14-4-6(15)3-7(14)11(17)18/h5-7,15H,3-4H2,1-2H3,(H,17,18)/t6-,7-/m1/s1. The number of likely N-dealkylation sites (tertiary alicyclic amines) is 1. The summed E-state index contributed by atoms with van der Waals surface area (Å²) in [6.07, 6.45) is -0.738. The maximum atomic E-state index is 12.4. The van der Waals surface area contributed by atoms with Gasteiger partial charge in [0.2, 0.25) is 0 Å². The number of hydrogen-bond donors (Lipinski definition) is 2. The average Bonchev–Trinajstić information content (AvgIpc) is 2.93. The number of carboxylic acids is 1. The molecule has 2 atom stereocenters. The van der Waals surface area contributed by atoms with Gasteiger partial charge >= 0.3 is 5.97 Å². The molecule has 1 fully saturated rings. The molecular weight excluding hydrogens is 270 g/mol. The van der Waals surface area contributed by atoms with Crippen LogP contribution >= 0.6 is 11.5 Å². The third kappa shape index (κ3) is 2.59. The fraction of sp³-hybridized carbons (Fsp3) is 0.636. The van der Waals surface area contributed by atoms with Gasteiger partial charge in [0.25, 0.3) is 5.91 Å². The molecular formula is C11H15N3O4S. The summed E-state index contributed by atoms with van der Waals surface area (Å²) in [6, 6.07) is -0.982. The molecule has 2 rings (SSSR count). The molecule has 0 aromatic carbocycles. The molecule has 1 aliphatic rings. The molecule has 2 N–H and O–H groups in total. The van der Waals surface area contributed by atoms with E-state index in [0.717, 1.165) is 11.5 Å². The molecule has 1 aromatic heterocycles. The first-order valence-corrected chi connectivity index (χ1v) is 6.73. The zero-order valence-electron chi connectivity index (χ0n) is 10.6. The van der Waals surface area contributed by atoms with Gasteiger partial charge in [-0.05, 0) is 17.5 Å². The number of aliphatic hydroxyl groups is 1. The van der Waals surface area contributed by atoms with E-state index < -0.39 is 24.0 Å². The van der Waals surface area contributed by atoms with Gasteiger partial charge in [-0.25, -0.2) is 4.79 Å². The molecule has 0 unspecified atom stereocenters. The highest BCUT2D eigenvalue weighted by Crippen LogP contribution is 2.26. The van der Waals surface area contributed by atoms with Crippen LogP contribution in [0.25, 0.3) is 0 Å². The lowest BCUT2D eigenvalue weighted by molar-refractivity contribution is -0.141. The number of nitrogens with zero attached hydrogens (tertiary/aromatic N) is 3. The Kier molecular flexibility index (Phi) is 3.81. The van der Waals surface area contributed by atoms with Crippen LogP contribution in [0.3, 0.4) is 0 Å². The Hall–Kier alpha value is -1.54. The van der Waals surface area contributed by atoms with E-state index >= 15 is 0 Å². The summed E-state index contributed by atoms with van der Waals surface area (Å²) in [7, 11) is 0. The van der Waals surface area contributed by atoms with E-state index in [4.69, 9.17) is 5.11 Å². The van der Waals surface area contributed by atoms with Crippen molar-refractivity contribution in [2.24, 2.45) is 0 Å². The van der Waals surface area contributed by atoms with Gasteiger partial charge in [-0.3, -0.25) is 4.79 Å². The normalized spacial score (nSPS) is 23.1. The van der Waals surface area contributed by atoms with Crippen LogP contribution in [0.5, 0.6) is 0 Å². The quantitative estimate of drug-likeness (QED) is 0.829. The maximum absolute atomic E-state index is 12.4. The van der Waals surface area contributed by atoms with Gasteiger partial charge in [0.05, 0.1) is 11.8 Å². The first-order chi connectivity index (χ1) is 8.91. The highest BCUT2D eigenvalue weighted by molar-refractivity contribution is 7.08. The summed E-state index contributed by atoms with van der Waals surface area (Å²) < 4.78 is 3.76. The number of rotatable bonds is 3. The Morgan fingerprint density at radius 3 is 2.74 bits per heavy atom. The van der Waals surface area contributed by atoms with Crippen molar-refractivity contribution in [3.8, 4) is 0 Å². The van der Waals surface area contributed by atoms with Crippen molar-refractivity contribution in [2.45, 2.75) is 38.3 Å². The van der Waals surface area contributed by atoms with Crippen LogP contribution in [-0.2, 0) is 4.79 Å². The summed E-state index contributed by atoms with van der Waals surface area (Å²) in [5.74, 6) is -1.48. The van der Waals surface area contributed by atoms with Crippen molar-refractivity contribution in [3.05, 3.63) is 10.6 Å². The predicted octanol–water partition coefficient (Wildman–Crippen LogP) is 0.322. The maximum Gasteiger partial charge on any atom is 0.326 e. The topological polar surface area (TPSA) is 104 Å². The van der Waals surface area contributed by atoms with Crippen LogP contribution in [0.2, 0.25) is 0 Å². The largest absolute Gasteiger partial charge is 0.480 e. The molecule has 7 nitrogen and oxygen atoms in total. The Labute approximate surface area is 114 Å². The summed E-state index contributed by atoms with van der Waals surface area (Å²) in [5.41, 5.74) is 0.570. The molecule has 1 aromatic rings. The van der Waals surface area contributed by atoms with Gasteiger partial charge in [-0.1, -0.05) is 18.3 Å². The van der Waals surface area contributed by atoms with E-state index in [1.807, 2.05) is 13.8 Å². The fourth-order valence-corrected chi connectivity index (χ4v) is 2.90. The fourth-order valence-electron chi connectivity index (χ4n) is 2.13. The summed E-state index contributed by atoms with van der Waals surface area (Å²) in [5, 5.41) is 22.6. The lowest BCUT2D eigenvalue weighted by atomic mass is 10.1. The molecule has 19 heavy (non-hydrogen) atoms. The molecule has 0 spiro atoms. The van der Waals surface area contributed by atoms with Crippen LogP contribution in [0.15, 0.2) is 0 Å². The molecule has 0 bridgehead atoms. The van der Waals surface area contributed by atoms with Gasteiger partial charge in [0.15, 0.2) is 0 Å². The van der Waals surface area contributed by atoms with E-state index in [-0.39, 0.29) is 18.9 Å². The monoisotopic (exact) mass is 285 g/mol. The van der Waals surface area contributed by atoms with E-state index in [1.165, 1.54) is 4.90 Å². The van der Waals surface area contributed by atoms with Gasteiger partial charge in [-0.2, -0.15) is 0 Å². The molecule has 0 saturated carbocycles. The highest BCUT2D eigenvalue weighted by atomic mass is 32.1. The van der Waals surface area contributed by atoms with Crippen LogP contribution in [0.1, 0.15) is 41.6 Å². The van der Waals surface area contributed by atoms with Crippen molar-refractivity contribution < 1.29 is 19.8 Å². The van der Waals surface area contributed by atoms with Crippen LogP contribution < -0.4 is 0 Å². The number of β-amino-alcohol motifs (C(OH)–C–C–N with tert-alkyl or cyclic N) is 1. The number of aliphatic carboxylic acids is 1. The van der Waals surface area contributed by atoms with Crippen molar-refractivity contribution in [1.29, 1.82) is 0 Å². The third-order valence-corrected chi connectivity index (χ3v) is 3.81. The Balaban J connectivity index is 2.28. The molecule has 0 aliphatic carbocycles. The van der Waals surface area contributed by atoms with Gasteiger partial charge in [0, 0.05) is 13.0 Å². The summed E-state index contributed by atoms with van der Waals surface area (Å²) in [6.45, 7) is 3.81. The molecule has 0 radical (unpaired) electrons. The number of carbonyl (C=O) groups is 2. The summed E-state index contributed by atoms with van der Waals surface area (Å²) >= 11 is 0.961. The molecule has 8 heteroatoms. The first-order valence-electron chi connectivity index (χ1n) is 5.96. The molecule has 1 saturated heterocycles. The number of carboxylic acid groups (broad SMARTS) is 1. The number of hydrogen-bond acceptors (Lipinski definition) is 6. The minimum Gasteiger partial charge on any atom is -0.480 e. The number of carbonyl (C=O) groups excluding carboxylic acids is 1. The van der Waals surface area contributed by atoms with Gasteiger partial charge in [0.1, 0.15) is 10.9 Å². The lowest BCUT2D eigenvalue weighted by Crippen LogP contribution is -2.40. The van der Waals surface area contributed by atoms with E-state index in [2.05, 4.69) is 9.59 Å². The second-order valence-electron chi connectivity index (χ2n) is 4.84. The van der Waals surface area contributed by atoms with Crippen molar-refractivity contribution in [3.63, 3.8) is 0 Å². The Morgan fingerprint density at radius 1 is 1.47 bits per heavy atom. The molecule has 104 valence electrons. The first kappa shape index (κ1) is 13.9. The van der Waals surface area contributed by atoms with Crippen LogP contribution in [-0.4, -0.2) is 55.3 Å². The SMILES string of the molecule is CC(C)c1nnsc1C(=O)N1C[C@H](O)C[C@@H]1C(=O)O. The van der Waals surface area contributed by atoms with Gasteiger partial charge < -0.3 is 15.1 Å². The van der Waals surface area contributed by atoms with Gasteiger partial charge in [-0.15, -0.1) is 5.10 Å². The number of amides is 1. The second-order valence-corrected chi connectivity index (χ2v) is 5.60. The molecule has 1 aliphatic heterocycles. The zero-order valence-corrected chi connectivity index (χ0v) is 11.4. The highest BCUT2D eigenvalue weighted by Gasteiger charge is 2.40. The van der Waals surface area contributed by atoms with E-state index in [0.29, 0.717) is 10.6 Å². The van der Waals surface area contributed by atoms with E-state index in [9.17, 15) is 14.7 Å². The second kappa shape index (κ2) is 5.22. The van der Waals surface area contributed by atoms with Crippen molar-refractivity contribution in [1.82, 2.24) is 14.5 Å². The minimum atomic E-state index is -1.10. The molecule has 2 heterocycles. The van der Waals surface area contributed by atoms with Crippen LogP contribution in [0, 0.1) is 0 Å². The van der Waals surface area contributed by atoms with Crippen molar-refractivity contribution in [2.75, 3.05) is 6.54 Å². The Bertz CT molecular complexity index is 502. The molecule has 1 amide bonds. The smallest absolute Gasteiger partial charge is 0.326 e. The number of aliphatic hydroxyl groups excluding tert-OH is 1. The lowest BCUT2D eigenvalue weighted by Gasteiger charge is -2.20. The Morgan fingerprint density at radius 2 is 2.16 bits per heavy atom. The van der Waals surface area contributed by atoms with E-state index in [1.54, 1.807) is 0 Å².